The largest absolute Gasteiger partial charge is 0.274 e. The van der Waals surface area contributed by atoms with Gasteiger partial charge in [0.15, 0.2) is 5.69 Å². The van der Waals surface area contributed by atoms with Crippen LogP contribution in [0.5, 0.6) is 0 Å². The van der Waals surface area contributed by atoms with Gasteiger partial charge in [0.25, 0.3) is 0 Å². The summed E-state index contributed by atoms with van der Waals surface area (Å²) in [6, 6.07) is 2.04. The molecule has 4 nitrogen and oxygen atoms in total. The Hall–Kier alpha value is -1.67. The molecule has 0 aliphatic carbocycles. The van der Waals surface area contributed by atoms with E-state index in [4.69, 9.17) is 5.26 Å². The predicted octanol–water partition coefficient (Wildman–Crippen LogP) is 1.42. The first-order chi connectivity index (χ1) is 6.31. The Bertz CT molecular complexity index is 449. The quantitative estimate of drug-likeness (QED) is 0.683. The number of thiazole rings is 1. The van der Waals surface area contributed by atoms with E-state index in [0.717, 1.165) is 10.6 Å². The molecule has 0 aromatic carbocycles. The molecule has 0 aliphatic heterocycles. The number of nitrogens with zero attached hydrogens (tertiary/aromatic N) is 4. The maximum Gasteiger partial charge on any atom is 0.172 e. The zero-order chi connectivity index (χ0) is 9.26. The van der Waals surface area contributed by atoms with E-state index >= 15 is 0 Å². The molecule has 0 spiro atoms. The fourth-order valence-electron chi connectivity index (χ4n) is 1.08. The first kappa shape index (κ1) is 7.95. The zero-order valence-electron chi connectivity index (χ0n) is 6.93. The average molecular weight is 190 g/mol. The maximum atomic E-state index is 8.78. The molecular weight excluding hydrogens is 184 g/mol. The monoisotopic (exact) mass is 190 g/mol. The van der Waals surface area contributed by atoms with Gasteiger partial charge in [0.05, 0.1) is 5.56 Å². The van der Waals surface area contributed by atoms with Gasteiger partial charge in [-0.15, -0.1) is 11.3 Å². The number of aromatic nitrogens is 3. The number of nitriles is 1. The van der Waals surface area contributed by atoms with Gasteiger partial charge in [-0.25, -0.2) is 4.98 Å². The Morgan fingerprint density at radius 1 is 1.62 bits per heavy atom. The lowest BCUT2D eigenvalue weighted by atomic mass is 10.3. The van der Waals surface area contributed by atoms with Gasteiger partial charge in [-0.05, 0) is 0 Å². The van der Waals surface area contributed by atoms with Crippen molar-refractivity contribution < 1.29 is 0 Å². The van der Waals surface area contributed by atoms with E-state index in [2.05, 4.69) is 10.1 Å². The normalized spacial score (nSPS) is 9.85. The van der Waals surface area contributed by atoms with Crippen LogP contribution in [0.2, 0.25) is 0 Å². The standard InChI is InChI=1S/C8H6N4S/c1-12-5-6(7(4-9)11-12)8-10-2-3-13-8/h2-3,5H,1H3. The van der Waals surface area contributed by atoms with Crippen molar-refractivity contribution in [2.24, 2.45) is 7.05 Å². The lowest BCUT2D eigenvalue weighted by molar-refractivity contribution is 0.763. The summed E-state index contributed by atoms with van der Waals surface area (Å²) in [5.74, 6) is 0. The van der Waals surface area contributed by atoms with Crippen LogP contribution in [0.15, 0.2) is 17.8 Å². The van der Waals surface area contributed by atoms with Crippen LogP contribution in [0.1, 0.15) is 5.69 Å². The van der Waals surface area contributed by atoms with E-state index in [9.17, 15) is 0 Å². The Morgan fingerprint density at radius 2 is 2.46 bits per heavy atom. The van der Waals surface area contributed by atoms with Gasteiger partial charge in [0, 0.05) is 24.8 Å². The zero-order valence-corrected chi connectivity index (χ0v) is 7.75. The van der Waals surface area contributed by atoms with Crippen LogP contribution in [0.3, 0.4) is 0 Å². The van der Waals surface area contributed by atoms with Gasteiger partial charge in [-0.2, -0.15) is 10.4 Å². The second kappa shape index (κ2) is 2.99. The molecule has 0 saturated heterocycles. The number of rotatable bonds is 1. The second-order valence-corrected chi connectivity index (χ2v) is 3.41. The highest BCUT2D eigenvalue weighted by Crippen LogP contribution is 2.23. The summed E-state index contributed by atoms with van der Waals surface area (Å²) in [5.41, 5.74) is 1.23. The minimum atomic E-state index is 0.428. The molecule has 0 unspecified atom stereocenters. The van der Waals surface area contributed by atoms with E-state index in [1.165, 1.54) is 11.3 Å². The third-order valence-electron chi connectivity index (χ3n) is 1.60. The van der Waals surface area contributed by atoms with Crippen LogP contribution >= 0.6 is 11.3 Å². The van der Waals surface area contributed by atoms with Crippen LogP contribution in [-0.2, 0) is 7.05 Å². The van der Waals surface area contributed by atoms with Gasteiger partial charge in [0.1, 0.15) is 11.1 Å². The molecule has 0 amide bonds. The lowest BCUT2D eigenvalue weighted by Crippen LogP contribution is -1.86. The summed E-state index contributed by atoms with van der Waals surface area (Å²) < 4.78 is 1.62. The first-order valence-electron chi connectivity index (χ1n) is 3.65. The smallest absolute Gasteiger partial charge is 0.172 e. The molecule has 0 radical (unpaired) electrons. The van der Waals surface area contributed by atoms with Crippen LogP contribution in [0.25, 0.3) is 10.6 Å². The molecule has 0 bridgehead atoms. The Morgan fingerprint density at radius 3 is 3.08 bits per heavy atom. The molecule has 0 saturated carbocycles. The van der Waals surface area contributed by atoms with E-state index in [-0.39, 0.29) is 0 Å². The van der Waals surface area contributed by atoms with Crippen molar-refractivity contribution in [3.63, 3.8) is 0 Å². The van der Waals surface area contributed by atoms with Crippen molar-refractivity contribution in [2.45, 2.75) is 0 Å². The Balaban J connectivity index is 2.59. The van der Waals surface area contributed by atoms with Crippen molar-refractivity contribution in [3.8, 4) is 16.6 Å². The summed E-state index contributed by atoms with van der Waals surface area (Å²) in [4.78, 5) is 4.12. The minimum Gasteiger partial charge on any atom is -0.274 e. The Kier molecular flexibility index (Phi) is 1.83. The van der Waals surface area contributed by atoms with E-state index in [1.807, 2.05) is 11.4 Å². The predicted molar refractivity (Wildman–Crippen MR) is 49.0 cm³/mol. The van der Waals surface area contributed by atoms with Gasteiger partial charge >= 0.3 is 0 Å². The van der Waals surface area contributed by atoms with Crippen molar-refractivity contribution in [1.29, 1.82) is 5.26 Å². The highest BCUT2D eigenvalue weighted by atomic mass is 32.1. The summed E-state index contributed by atoms with van der Waals surface area (Å²) in [5, 5.41) is 15.5. The highest BCUT2D eigenvalue weighted by molar-refractivity contribution is 7.13. The van der Waals surface area contributed by atoms with Crippen LogP contribution in [-0.4, -0.2) is 14.8 Å². The molecule has 13 heavy (non-hydrogen) atoms. The van der Waals surface area contributed by atoms with Crippen molar-refractivity contribution in [1.82, 2.24) is 14.8 Å². The fraction of sp³-hybridized carbons (Fsp3) is 0.125. The average Bonchev–Trinajstić information content (AvgIpc) is 2.71. The van der Waals surface area contributed by atoms with Gasteiger partial charge in [0.2, 0.25) is 0 Å². The van der Waals surface area contributed by atoms with Crippen LogP contribution in [0, 0.1) is 11.3 Å². The van der Waals surface area contributed by atoms with Crippen molar-refractivity contribution in [3.05, 3.63) is 23.5 Å². The highest BCUT2D eigenvalue weighted by Gasteiger charge is 2.10. The summed E-state index contributed by atoms with van der Waals surface area (Å²) in [7, 11) is 1.79. The molecule has 64 valence electrons. The summed E-state index contributed by atoms with van der Waals surface area (Å²) in [6.07, 6.45) is 3.52. The number of hydrogen-bond acceptors (Lipinski definition) is 4. The van der Waals surface area contributed by atoms with E-state index < -0.39 is 0 Å². The maximum absolute atomic E-state index is 8.78. The first-order valence-corrected chi connectivity index (χ1v) is 4.53. The molecule has 2 heterocycles. The van der Waals surface area contributed by atoms with Crippen molar-refractivity contribution >= 4 is 11.3 Å². The molecule has 0 atom stereocenters. The van der Waals surface area contributed by atoms with Crippen molar-refractivity contribution in [2.75, 3.05) is 0 Å². The minimum absolute atomic E-state index is 0.428. The third-order valence-corrected chi connectivity index (χ3v) is 2.40. The van der Waals surface area contributed by atoms with Crippen LogP contribution < -0.4 is 0 Å². The summed E-state index contributed by atoms with van der Waals surface area (Å²) in [6.45, 7) is 0. The van der Waals surface area contributed by atoms with Gasteiger partial charge in [-0.3, -0.25) is 4.68 Å². The SMILES string of the molecule is Cn1cc(-c2nccs2)c(C#N)n1. The third kappa shape index (κ3) is 1.32. The Labute approximate surface area is 79.1 Å². The topological polar surface area (TPSA) is 54.5 Å². The molecule has 5 heteroatoms. The van der Waals surface area contributed by atoms with Gasteiger partial charge < -0.3 is 0 Å². The molecule has 0 fully saturated rings. The lowest BCUT2D eigenvalue weighted by Gasteiger charge is -1.86. The van der Waals surface area contributed by atoms with E-state index in [0.29, 0.717) is 5.69 Å². The molecule has 0 aliphatic rings. The number of hydrogen-bond donors (Lipinski definition) is 0. The van der Waals surface area contributed by atoms with Crippen LogP contribution in [0.4, 0.5) is 0 Å². The van der Waals surface area contributed by atoms with Gasteiger partial charge in [-0.1, -0.05) is 0 Å². The number of aryl methyl sites for hydroxylation is 1. The molecule has 2 rings (SSSR count). The van der Waals surface area contributed by atoms with E-state index in [1.54, 1.807) is 24.1 Å². The summed E-state index contributed by atoms with van der Waals surface area (Å²) >= 11 is 1.50. The molecule has 2 aromatic heterocycles. The second-order valence-electron chi connectivity index (χ2n) is 2.51. The molecule has 0 N–H and O–H groups in total. The molecule has 2 aromatic rings. The molecular formula is C8H6N4S. The fourth-order valence-corrected chi connectivity index (χ4v) is 1.73.